The molecule has 2 heteroatoms. The lowest BCUT2D eigenvalue weighted by Crippen LogP contribution is -2.13. The van der Waals surface area contributed by atoms with Gasteiger partial charge in [0.1, 0.15) is 0 Å². The molecule has 0 amide bonds. The SMILES string of the molecule is BrC1=CC2CC(c3ccccc32)C1Br. The molecule has 2 aliphatic rings. The van der Waals surface area contributed by atoms with Gasteiger partial charge in [-0.3, -0.25) is 0 Å². The second-order valence-corrected chi connectivity index (χ2v) is 5.93. The molecular formula is C12H10Br2. The molecule has 2 bridgehead atoms. The second kappa shape index (κ2) is 3.21. The largest absolute Gasteiger partial charge is 0.0826 e. The van der Waals surface area contributed by atoms with E-state index >= 15 is 0 Å². The standard InChI is InChI=1S/C12H10Br2/c13-11-6-7-5-10(12(11)14)9-4-2-1-3-8(7)9/h1-4,6-7,10,12H,5H2. The van der Waals surface area contributed by atoms with Crippen molar-refractivity contribution in [1.29, 1.82) is 0 Å². The summed E-state index contributed by atoms with van der Waals surface area (Å²) in [6.45, 7) is 0. The van der Waals surface area contributed by atoms with Crippen molar-refractivity contribution in [2.24, 2.45) is 0 Å². The van der Waals surface area contributed by atoms with Gasteiger partial charge < -0.3 is 0 Å². The lowest BCUT2D eigenvalue weighted by atomic mass is 9.93. The first kappa shape index (κ1) is 9.17. The Balaban J connectivity index is 2.18. The first-order chi connectivity index (χ1) is 6.77. The summed E-state index contributed by atoms with van der Waals surface area (Å²) in [5, 5.41) is 0. The second-order valence-electron chi connectivity index (χ2n) is 4.03. The zero-order chi connectivity index (χ0) is 9.71. The van der Waals surface area contributed by atoms with Crippen molar-refractivity contribution >= 4 is 31.9 Å². The molecule has 1 aromatic rings. The summed E-state index contributed by atoms with van der Waals surface area (Å²) >= 11 is 7.41. The van der Waals surface area contributed by atoms with Gasteiger partial charge in [-0.15, -0.1) is 0 Å². The number of alkyl halides is 1. The minimum Gasteiger partial charge on any atom is -0.0826 e. The first-order valence-corrected chi connectivity index (χ1v) is 6.58. The molecule has 0 saturated heterocycles. The van der Waals surface area contributed by atoms with Crippen LogP contribution in [0, 0.1) is 0 Å². The van der Waals surface area contributed by atoms with Crippen LogP contribution in [0.4, 0.5) is 0 Å². The van der Waals surface area contributed by atoms with E-state index in [1.807, 2.05) is 0 Å². The summed E-state index contributed by atoms with van der Waals surface area (Å²) in [5.74, 6) is 1.30. The quantitative estimate of drug-likeness (QED) is 0.626. The van der Waals surface area contributed by atoms with Crippen LogP contribution < -0.4 is 0 Å². The molecule has 0 fully saturated rings. The fourth-order valence-corrected chi connectivity index (χ4v) is 3.92. The number of benzene rings is 1. The fraction of sp³-hybridized carbons (Fsp3) is 0.333. The average Bonchev–Trinajstić information content (AvgIpc) is 2.52. The van der Waals surface area contributed by atoms with Crippen LogP contribution >= 0.6 is 31.9 Å². The number of rotatable bonds is 0. The van der Waals surface area contributed by atoms with Crippen molar-refractivity contribution < 1.29 is 0 Å². The van der Waals surface area contributed by atoms with Crippen LogP contribution in [0.2, 0.25) is 0 Å². The minimum absolute atomic E-state index is 0.474. The Morgan fingerprint density at radius 3 is 2.64 bits per heavy atom. The number of hydrogen-bond donors (Lipinski definition) is 0. The van der Waals surface area contributed by atoms with Gasteiger partial charge >= 0.3 is 0 Å². The molecule has 3 atom stereocenters. The summed E-state index contributed by atoms with van der Waals surface area (Å²) in [7, 11) is 0. The molecule has 0 spiro atoms. The Morgan fingerprint density at radius 2 is 1.86 bits per heavy atom. The average molecular weight is 314 g/mol. The van der Waals surface area contributed by atoms with Gasteiger partial charge in [0.2, 0.25) is 0 Å². The Bertz CT molecular complexity index is 409. The number of halogens is 2. The molecule has 0 aliphatic heterocycles. The van der Waals surface area contributed by atoms with E-state index in [1.165, 1.54) is 22.0 Å². The molecule has 0 saturated carbocycles. The van der Waals surface area contributed by atoms with E-state index in [4.69, 9.17) is 0 Å². The third kappa shape index (κ3) is 1.17. The van der Waals surface area contributed by atoms with Crippen LogP contribution in [0.5, 0.6) is 0 Å². The van der Waals surface area contributed by atoms with Gasteiger partial charge in [-0.2, -0.15) is 0 Å². The lowest BCUT2D eigenvalue weighted by Gasteiger charge is -2.22. The van der Waals surface area contributed by atoms with Gasteiger partial charge in [-0.1, -0.05) is 62.2 Å². The Hall–Kier alpha value is -0.0800. The van der Waals surface area contributed by atoms with E-state index in [9.17, 15) is 0 Å². The van der Waals surface area contributed by atoms with E-state index in [-0.39, 0.29) is 0 Å². The zero-order valence-corrected chi connectivity index (χ0v) is 10.8. The maximum Gasteiger partial charge on any atom is 0.0527 e. The van der Waals surface area contributed by atoms with E-state index in [0.29, 0.717) is 16.7 Å². The maximum absolute atomic E-state index is 3.76. The van der Waals surface area contributed by atoms with Crippen molar-refractivity contribution in [3.63, 3.8) is 0 Å². The van der Waals surface area contributed by atoms with Gasteiger partial charge in [0.05, 0.1) is 4.83 Å². The maximum atomic E-state index is 3.76. The third-order valence-corrected chi connectivity index (χ3v) is 5.78. The predicted octanol–water partition coefficient (Wildman–Crippen LogP) is 4.31. The molecule has 0 nitrogen and oxygen atoms in total. The highest BCUT2D eigenvalue weighted by molar-refractivity contribution is 9.14. The van der Waals surface area contributed by atoms with Crippen molar-refractivity contribution in [2.45, 2.75) is 23.1 Å². The predicted molar refractivity (Wildman–Crippen MR) is 66.3 cm³/mol. The summed E-state index contributed by atoms with van der Waals surface area (Å²) in [5.41, 5.74) is 3.06. The van der Waals surface area contributed by atoms with Gasteiger partial charge in [0.25, 0.3) is 0 Å². The van der Waals surface area contributed by atoms with E-state index in [1.54, 1.807) is 0 Å². The van der Waals surface area contributed by atoms with Gasteiger partial charge in [0, 0.05) is 16.3 Å². The summed E-state index contributed by atoms with van der Waals surface area (Å²) in [4.78, 5) is 0.474. The topological polar surface area (TPSA) is 0 Å². The van der Waals surface area contributed by atoms with E-state index in [0.717, 1.165) is 0 Å². The number of fused-ring (bicyclic) bond motifs is 5. The van der Waals surface area contributed by atoms with Crippen molar-refractivity contribution in [3.8, 4) is 0 Å². The monoisotopic (exact) mass is 312 g/mol. The number of allylic oxidation sites excluding steroid dienone is 2. The van der Waals surface area contributed by atoms with Crippen molar-refractivity contribution in [3.05, 3.63) is 46.0 Å². The molecule has 0 heterocycles. The molecule has 3 unspecified atom stereocenters. The van der Waals surface area contributed by atoms with Crippen LogP contribution in [0.1, 0.15) is 29.4 Å². The molecule has 3 rings (SSSR count). The summed E-state index contributed by atoms with van der Waals surface area (Å²) in [6.07, 6.45) is 3.62. The smallest absolute Gasteiger partial charge is 0.0527 e. The Kier molecular flexibility index (Phi) is 2.10. The molecular weight excluding hydrogens is 304 g/mol. The van der Waals surface area contributed by atoms with Crippen molar-refractivity contribution in [1.82, 2.24) is 0 Å². The van der Waals surface area contributed by atoms with E-state index < -0.39 is 0 Å². The number of hydrogen-bond acceptors (Lipinski definition) is 0. The molecule has 72 valence electrons. The molecule has 0 radical (unpaired) electrons. The fourth-order valence-electron chi connectivity index (χ4n) is 2.63. The molecule has 0 aromatic heterocycles. The van der Waals surface area contributed by atoms with Gasteiger partial charge in [-0.25, -0.2) is 0 Å². The van der Waals surface area contributed by atoms with Gasteiger partial charge in [0.15, 0.2) is 0 Å². The van der Waals surface area contributed by atoms with E-state index in [2.05, 4.69) is 62.2 Å². The minimum atomic E-state index is 0.474. The summed E-state index contributed by atoms with van der Waals surface area (Å²) < 4.78 is 1.31. The van der Waals surface area contributed by atoms with Crippen LogP contribution in [-0.4, -0.2) is 4.83 Å². The van der Waals surface area contributed by atoms with Crippen LogP contribution in [0.3, 0.4) is 0 Å². The Morgan fingerprint density at radius 1 is 1.14 bits per heavy atom. The van der Waals surface area contributed by atoms with Crippen LogP contribution in [-0.2, 0) is 0 Å². The molecule has 14 heavy (non-hydrogen) atoms. The van der Waals surface area contributed by atoms with Crippen LogP contribution in [0.25, 0.3) is 0 Å². The van der Waals surface area contributed by atoms with Gasteiger partial charge in [-0.05, 0) is 17.5 Å². The molecule has 0 N–H and O–H groups in total. The third-order valence-electron chi connectivity index (χ3n) is 3.28. The normalized spacial score (nSPS) is 33.9. The first-order valence-electron chi connectivity index (χ1n) is 4.87. The van der Waals surface area contributed by atoms with Crippen LogP contribution in [0.15, 0.2) is 34.8 Å². The molecule has 2 aliphatic carbocycles. The highest BCUT2D eigenvalue weighted by Crippen LogP contribution is 2.52. The highest BCUT2D eigenvalue weighted by atomic mass is 79.9. The Labute approximate surface area is 101 Å². The summed E-state index contributed by atoms with van der Waals surface area (Å²) in [6, 6.07) is 8.83. The highest BCUT2D eigenvalue weighted by Gasteiger charge is 2.38. The lowest BCUT2D eigenvalue weighted by molar-refractivity contribution is 0.638. The molecule has 1 aromatic carbocycles. The zero-order valence-electron chi connectivity index (χ0n) is 7.58. The van der Waals surface area contributed by atoms with Crippen molar-refractivity contribution in [2.75, 3.05) is 0 Å².